The molecule has 2 aromatic carbocycles. The maximum Gasteiger partial charge on any atom is 0.148 e. The second-order valence-corrected chi connectivity index (χ2v) is 5.29. The summed E-state index contributed by atoms with van der Waals surface area (Å²) < 4.78 is 5.32. The zero-order valence-corrected chi connectivity index (χ0v) is 16.8. The van der Waals surface area contributed by atoms with Crippen molar-refractivity contribution in [3.05, 3.63) is 52.8 Å². The van der Waals surface area contributed by atoms with Gasteiger partial charge in [0.1, 0.15) is 22.5 Å². The number of halogens is 1. The van der Waals surface area contributed by atoms with Crippen LogP contribution >= 0.6 is 11.6 Å². The van der Waals surface area contributed by atoms with Crippen LogP contribution in [0, 0.1) is 18.3 Å². The van der Waals surface area contributed by atoms with Crippen molar-refractivity contribution in [2.24, 2.45) is 0 Å². The lowest BCUT2D eigenvalue weighted by Crippen LogP contribution is -1.93. The van der Waals surface area contributed by atoms with Crippen LogP contribution in [0.4, 0.5) is 0 Å². The van der Waals surface area contributed by atoms with Crippen molar-refractivity contribution in [2.45, 2.75) is 34.6 Å². The molecule has 1 aromatic heterocycles. The Hall–Kier alpha value is -2.64. The van der Waals surface area contributed by atoms with Gasteiger partial charge in [0, 0.05) is 5.56 Å². The van der Waals surface area contributed by atoms with E-state index in [2.05, 4.69) is 16.0 Å². The smallest absolute Gasteiger partial charge is 0.148 e. The second-order valence-electron chi connectivity index (χ2n) is 4.90. The Kier molecular flexibility index (Phi) is 8.54. The Balaban J connectivity index is 0.000000791. The third-order valence-electron chi connectivity index (χ3n) is 3.39. The third kappa shape index (κ3) is 4.71. The first kappa shape index (κ1) is 21.4. The topological polar surface area (TPSA) is 58.8 Å². The normalized spacial score (nSPS) is 9.31. The summed E-state index contributed by atoms with van der Waals surface area (Å²) in [4.78, 5) is 8.61. The highest BCUT2D eigenvalue weighted by atomic mass is 35.5. The lowest BCUT2D eigenvalue weighted by molar-refractivity contribution is 0.414. The van der Waals surface area contributed by atoms with Gasteiger partial charge in [0.05, 0.1) is 24.4 Å². The van der Waals surface area contributed by atoms with Crippen molar-refractivity contribution < 1.29 is 4.74 Å². The summed E-state index contributed by atoms with van der Waals surface area (Å²) in [5.41, 5.74) is 4.52. The quantitative estimate of drug-likeness (QED) is 0.540. The van der Waals surface area contributed by atoms with E-state index in [0.717, 1.165) is 22.4 Å². The van der Waals surface area contributed by atoms with Gasteiger partial charge in [-0.2, -0.15) is 5.26 Å². The molecule has 1 heterocycles. The molecule has 0 aliphatic heterocycles. The Labute approximate surface area is 160 Å². The van der Waals surface area contributed by atoms with E-state index in [1.54, 1.807) is 13.2 Å². The summed E-state index contributed by atoms with van der Waals surface area (Å²) >= 11 is 5.98. The third-order valence-corrected chi connectivity index (χ3v) is 3.57. The predicted molar refractivity (Wildman–Crippen MR) is 109 cm³/mol. The minimum Gasteiger partial charge on any atom is -0.497 e. The van der Waals surface area contributed by atoms with E-state index in [1.165, 1.54) is 6.20 Å². The molecule has 0 radical (unpaired) electrons. The van der Waals surface area contributed by atoms with Crippen LogP contribution < -0.4 is 4.74 Å². The molecule has 0 saturated carbocycles. The van der Waals surface area contributed by atoms with Gasteiger partial charge in [-0.15, -0.1) is 0 Å². The van der Waals surface area contributed by atoms with Crippen LogP contribution in [0.15, 0.2) is 36.5 Å². The van der Waals surface area contributed by atoms with Crippen LogP contribution in [0.5, 0.6) is 5.75 Å². The number of benzene rings is 2. The first-order chi connectivity index (χ1) is 12.6. The zero-order chi connectivity index (χ0) is 19.7. The number of nitrogens with zero attached hydrogens (tertiary/aromatic N) is 3. The minimum atomic E-state index is 0.295. The number of rotatable bonds is 2. The van der Waals surface area contributed by atoms with Gasteiger partial charge in [-0.1, -0.05) is 51.4 Å². The Morgan fingerprint density at radius 2 is 1.73 bits per heavy atom. The zero-order valence-electron chi connectivity index (χ0n) is 16.1. The van der Waals surface area contributed by atoms with E-state index >= 15 is 0 Å². The van der Waals surface area contributed by atoms with Crippen molar-refractivity contribution in [1.29, 1.82) is 5.26 Å². The van der Waals surface area contributed by atoms with Crippen LogP contribution in [0.1, 0.15) is 38.8 Å². The molecule has 0 spiro atoms. The van der Waals surface area contributed by atoms with E-state index in [1.807, 2.05) is 58.9 Å². The summed E-state index contributed by atoms with van der Waals surface area (Å²) in [6.07, 6.45) is 1.45. The van der Waals surface area contributed by atoms with E-state index < -0.39 is 0 Å². The second kappa shape index (κ2) is 10.4. The molecule has 0 atom stereocenters. The molecule has 0 fully saturated rings. The molecule has 0 saturated heterocycles. The van der Waals surface area contributed by atoms with Gasteiger partial charge >= 0.3 is 0 Å². The molecule has 3 rings (SSSR count). The SMILES string of the molecule is CC.CC.COc1cc(C)cc(-c2ccc(C#N)c3ncc(Cl)nc23)c1. The summed E-state index contributed by atoms with van der Waals surface area (Å²) in [6.45, 7) is 10.00. The first-order valence-corrected chi connectivity index (χ1v) is 9.01. The number of hydrogen-bond donors (Lipinski definition) is 0. The van der Waals surface area contributed by atoms with Crippen molar-refractivity contribution in [1.82, 2.24) is 9.97 Å². The minimum absolute atomic E-state index is 0.295. The van der Waals surface area contributed by atoms with Gasteiger partial charge < -0.3 is 4.74 Å². The van der Waals surface area contributed by atoms with E-state index in [4.69, 9.17) is 16.3 Å². The van der Waals surface area contributed by atoms with Gasteiger partial charge in [-0.25, -0.2) is 9.97 Å². The molecule has 0 aliphatic carbocycles. The van der Waals surface area contributed by atoms with Crippen molar-refractivity contribution in [3.63, 3.8) is 0 Å². The van der Waals surface area contributed by atoms with E-state index in [-0.39, 0.29) is 0 Å². The lowest BCUT2D eigenvalue weighted by Gasteiger charge is -2.10. The number of aryl methyl sites for hydroxylation is 1. The largest absolute Gasteiger partial charge is 0.497 e. The van der Waals surface area contributed by atoms with Crippen LogP contribution in [-0.2, 0) is 0 Å². The Morgan fingerprint density at radius 3 is 2.35 bits per heavy atom. The van der Waals surface area contributed by atoms with Crippen molar-refractivity contribution >= 4 is 22.6 Å². The van der Waals surface area contributed by atoms with Gasteiger partial charge in [-0.3, -0.25) is 0 Å². The highest BCUT2D eigenvalue weighted by Crippen LogP contribution is 2.32. The monoisotopic (exact) mass is 369 g/mol. The number of hydrogen-bond acceptors (Lipinski definition) is 4. The fourth-order valence-corrected chi connectivity index (χ4v) is 2.55. The molecule has 0 bridgehead atoms. The summed E-state index contributed by atoms with van der Waals surface area (Å²) in [5, 5.41) is 9.52. The van der Waals surface area contributed by atoms with Crippen molar-refractivity contribution in [3.8, 4) is 22.9 Å². The molecule has 4 nitrogen and oxygen atoms in total. The standard InChI is InChI=1S/C17H12ClN3O.2C2H6/c1-10-5-12(7-13(6-10)22-2)14-4-3-11(8-19)16-17(14)21-15(18)9-20-16;2*1-2/h3-7,9H,1-2H3;2*1-2H3. The molecule has 26 heavy (non-hydrogen) atoms. The number of aromatic nitrogens is 2. The number of fused-ring (bicyclic) bond motifs is 1. The van der Waals surface area contributed by atoms with Crippen molar-refractivity contribution in [2.75, 3.05) is 7.11 Å². The van der Waals surface area contributed by atoms with Crippen LogP contribution in [0.3, 0.4) is 0 Å². The van der Waals surface area contributed by atoms with Gasteiger partial charge in [-0.05, 0) is 36.2 Å². The van der Waals surface area contributed by atoms with E-state index in [0.29, 0.717) is 21.7 Å². The summed E-state index contributed by atoms with van der Waals surface area (Å²) in [6, 6.07) is 11.7. The first-order valence-electron chi connectivity index (χ1n) is 8.64. The van der Waals surface area contributed by atoms with Gasteiger partial charge in [0.2, 0.25) is 0 Å². The molecule has 0 N–H and O–H groups in total. The highest BCUT2D eigenvalue weighted by molar-refractivity contribution is 6.29. The molecule has 0 amide bonds. The highest BCUT2D eigenvalue weighted by Gasteiger charge is 2.12. The van der Waals surface area contributed by atoms with E-state index in [9.17, 15) is 5.26 Å². The number of nitriles is 1. The molecular weight excluding hydrogens is 346 g/mol. The number of ether oxygens (including phenoxy) is 1. The Morgan fingerprint density at radius 1 is 1.04 bits per heavy atom. The average molecular weight is 370 g/mol. The molecule has 5 heteroatoms. The molecule has 3 aromatic rings. The molecule has 0 aliphatic rings. The summed E-state index contributed by atoms with van der Waals surface area (Å²) in [5.74, 6) is 0.766. The molecular formula is C21H24ClN3O. The van der Waals surface area contributed by atoms with Crippen LogP contribution in [-0.4, -0.2) is 17.1 Å². The maximum atomic E-state index is 9.22. The van der Waals surface area contributed by atoms with Gasteiger partial charge in [0.25, 0.3) is 0 Å². The molecule has 0 unspecified atom stereocenters. The maximum absolute atomic E-state index is 9.22. The fourth-order valence-electron chi connectivity index (χ4n) is 2.42. The van der Waals surface area contributed by atoms with Crippen LogP contribution in [0.2, 0.25) is 5.15 Å². The number of methoxy groups -OCH3 is 1. The van der Waals surface area contributed by atoms with Gasteiger partial charge in [0.15, 0.2) is 0 Å². The lowest BCUT2D eigenvalue weighted by atomic mass is 9.99. The van der Waals surface area contributed by atoms with Crippen LogP contribution in [0.25, 0.3) is 22.2 Å². The average Bonchev–Trinajstić information content (AvgIpc) is 2.69. The molecule has 136 valence electrons. The fraction of sp³-hybridized carbons (Fsp3) is 0.286. The Bertz CT molecular complexity index is 917. The predicted octanol–water partition coefficient (Wildman–Crippen LogP) is 6.19. The summed E-state index contributed by atoms with van der Waals surface area (Å²) in [7, 11) is 1.63.